The molecule has 0 aromatic heterocycles. The van der Waals surface area contributed by atoms with Gasteiger partial charge in [-0.25, -0.2) is 0 Å². The number of benzene rings is 3. The highest BCUT2D eigenvalue weighted by Gasteiger charge is 2.23. The van der Waals surface area contributed by atoms with E-state index in [4.69, 9.17) is 28.3 Å². The van der Waals surface area contributed by atoms with Gasteiger partial charge in [-0.15, -0.1) is 0 Å². The lowest BCUT2D eigenvalue weighted by Gasteiger charge is -2.19. The third-order valence-corrected chi connectivity index (χ3v) is 5.29. The molecule has 0 bridgehead atoms. The summed E-state index contributed by atoms with van der Waals surface area (Å²) in [5.74, 6) is 0. The van der Waals surface area contributed by atoms with Crippen LogP contribution in [0, 0.1) is 0 Å². The quantitative estimate of drug-likeness (QED) is 0.509. The first-order valence-corrected chi connectivity index (χ1v) is 8.75. The molecule has 0 unspecified atom stereocenters. The number of rotatable bonds is 2. The second-order valence-electron chi connectivity index (χ2n) is 6.00. The zero-order chi connectivity index (χ0) is 18.0. The number of hydrogen-bond acceptors (Lipinski definition) is 3. The fourth-order valence-electron chi connectivity index (χ4n) is 3.10. The minimum absolute atomic E-state index is 0.610. The summed E-state index contributed by atoms with van der Waals surface area (Å²) in [7, 11) is 2.94. The summed E-state index contributed by atoms with van der Waals surface area (Å²) in [6.07, 6.45) is 0. The molecule has 0 amide bonds. The predicted molar refractivity (Wildman–Crippen MR) is 107 cm³/mol. The standard InChI is InChI=1S/C19H16Cl2N2.CH4O/c1-22-12-23(19(21)18(22)20)11-13-6-7-16-9-14-4-2-3-5-15(14)10-17(16)8-13;1-2/h2-10H,11-12H2,1H3;2H,1H3. The van der Waals surface area contributed by atoms with Crippen molar-refractivity contribution in [2.24, 2.45) is 0 Å². The van der Waals surface area contributed by atoms with Crippen LogP contribution in [0.2, 0.25) is 0 Å². The topological polar surface area (TPSA) is 26.7 Å². The molecule has 1 aliphatic heterocycles. The van der Waals surface area contributed by atoms with Crippen LogP contribution in [0.5, 0.6) is 0 Å². The molecule has 0 spiro atoms. The second-order valence-corrected chi connectivity index (χ2v) is 6.72. The van der Waals surface area contributed by atoms with Gasteiger partial charge in [0.1, 0.15) is 10.3 Å². The van der Waals surface area contributed by atoms with Gasteiger partial charge in [-0.2, -0.15) is 0 Å². The molecule has 1 heterocycles. The van der Waals surface area contributed by atoms with E-state index in [0.717, 1.165) is 13.7 Å². The van der Waals surface area contributed by atoms with Gasteiger partial charge in [-0.3, -0.25) is 0 Å². The maximum Gasteiger partial charge on any atom is 0.142 e. The van der Waals surface area contributed by atoms with Crippen molar-refractivity contribution in [3.8, 4) is 0 Å². The molecule has 3 aromatic rings. The van der Waals surface area contributed by atoms with Crippen LogP contribution in [-0.4, -0.2) is 35.7 Å². The van der Waals surface area contributed by atoms with Crippen molar-refractivity contribution < 1.29 is 5.11 Å². The Morgan fingerprint density at radius 3 is 2.04 bits per heavy atom. The molecule has 5 heteroatoms. The lowest BCUT2D eigenvalue weighted by Crippen LogP contribution is -2.23. The lowest BCUT2D eigenvalue weighted by molar-refractivity contribution is 0.283. The summed E-state index contributed by atoms with van der Waals surface area (Å²) in [6.45, 7) is 1.47. The van der Waals surface area contributed by atoms with Gasteiger partial charge in [0.05, 0.1) is 6.67 Å². The van der Waals surface area contributed by atoms with E-state index < -0.39 is 0 Å². The first kappa shape index (κ1) is 17.9. The van der Waals surface area contributed by atoms with Crippen molar-refractivity contribution in [3.63, 3.8) is 0 Å². The van der Waals surface area contributed by atoms with Gasteiger partial charge < -0.3 is 14.9 Å². The first-order chi connectivity index (χ1) is 12.1. The Morgan fingerprint density at radius 2 is 1.44 bits per heavy atom. The van der Waals surface area contributed by atoms with Crippen LogP contribution in [-0.2, 0) is 6.54 Å². The van der Waals surface area contributed by atoms with Crippen molar-refractivity contribution in [2.75, 3.05) is 20.8 Å². The summed E-state index contributed by atoms with van der Waals surface area (Å²) in [5.41, 5.74) is 1.23. The SMILES string of the molecule is CN1CN(Cc2ccc3cc4ccccc4cc3c2)C(Cl)=C1Cl.CO. The summed E-state index contributed by atoms with van der Waals surface area (Å²) < 4.78 is 0. The Morgan fingerprint density at radius 1 is 0.840 bits per heavy atom. The normalized spacial score (nSPS) is 14.3. The molecule has 0 saturated carbocycles. The third kappa shape index (κ3) is 3.54. The van der Waals surface area contributed by atoms with E-state index in [0.29, 0.717) is 17.0 Å². The fraction of sp³-hybridized carbons (Fsp3) is 0.200. The lowest BCUT2D eigenvalue weighted by atomic mass is 10.0. The van der Waals surface area contributed by atoms with Crippen LogP contribution in [0.4, 0.5) is 0 Å². The summed E-state index contributed by atoms with van der Waals surface area (Å²) >= 11 is 12.5. The van der Waals surface area contributed by atoms with Crippen molar-refractivity contribution in [2.45, 2.75) is 6.54 Å². The van der Waals surface area contributed by atoms with Gasteiger partial charge in [0.15, 0.2) is 0 Å². The van der Waals surface area contributed by atoms with Gasteiger partial charge in [-0.05, 0) is 45.3 Å². The average molecular weight is 375 g/mol. The second kappa shape index (κ2) is 7.52. The van der Waals surface area contributed by atoms with Gasteiger partial charge in [0, 0.05) is 20.7 Å². The number of aliphatic hydroxyl groups is 1. The minimum atomic E-state index is 0.610. The van der Waals surface area contributed by atoms with Crippen LogP contribution < -0.4 is 0 Å². The maximum atomic E-state index is 7.00. The first-order valence-electron chi connectivity index (χ1n) is 7.99. The van der Waals surface area contributed by atoms with E-state index >= 15 is 0 Å². The Hall–Kier alpha value is -1.94. The molecule has 4 rings (SSSR count). The van der Waals surface area contributed by atoms with Gasteiger partial charge in [0.2, 0.25) is 0 Å². The molecule has 0 radical (unpaired) electrons. The molecule has 3 aromatic carbocycles. The van der Waals surface area contributed by atoms with Crippen molar-refractivity contribution in [3.05, 3.63) is 70.5 Å². The maximum absolute atomic E-state index is 7.00. The van der Waals surface area contributed by atoms with Crippen LogP contribution in [0.25, 0.3) is 21.5 Å². The van der Waals surface area contributed by atoms with Crippen molar-refractivity contribution in [1.82, 2.24) is 9.80 Å². The van der Waals surface area contributed by atoms with Gasteiger partial charge in [-0.1, -0.05) is 59.6 Å². The highest BCUT2D eigenvalue weighted by molar-refractivity contribution is 6.38. The Bertz CT molecular complexity index is 939. The molecule has 0 aliphatic carbocycles. The monoisotopic (exact) mass is 374 g/mol. The molecule has 1 N–H and O–H groups in total. The van der Waals surface area contributed by atoms with E-state index in [1.807, 2.05) is 11.9 Å². The summed E-state index contributed by atoms with van der Waals surface area (Å²) in [4.78, 5) is 4.02. The highest BCUT2D eigenvalue weighted by atomic mass is 35.5. The molecule has 3 nitrogen and oxygen atoms in total. The highest BCUT2D eigenvalue weighted by Crippen LogP contribution is 2.30. The van der Waals surface area contributed by atoms with Crippen LogP contribution >= 0.6 is 23.2 Å². The van der Waals surface area contributed by atoms with Gasteiger partial charge in [0.25, 0.3) is 0 Å². The van der Waals surface area contributed by atoms with Gasteiger partial charge >= 0.3 is 0 Å². The molecule has 0 saturated heterocycles. The fourth-order valence-corrected chi connectivity index (χ4v) is 3.53. The zero-order valence-electron chi connectivity index (χ0n) is 14.2. The molecule has 0 fully saturated rings. The smallest absolute Gasteiger partial charge is 0.142 e. The largest absolute Gasteiger partial charge is 0.400 e. The van der Waals surface area contributed by atoms with E-state index in [1.165, 1.54) is 27.1 Å². The molecule has 1 aliphatic rings. The number of hydrogen-bond donors (Lipinski definition) is 1. The van der Waals surface area contributed by atoms with E-state index in [9.17, 15) is 0 Å². The molecule has 25 heavy (non-hydrogen) atoms. The van der Waals surface area contributed by atoms with Crippen molar-refractivity contribution in [1.29, 1.82) is 0 Å². The van der Waals surface area contributed by atoms with E-state index in [1.54, 1.807) is 0 Å². The van der Waals surface area contributed by atoms with E-state index in [-0.39, 0.29) is 0 Å². The van der Waals surface area contributed by atoms with Crippen LogP contribution in [0.3, 0.4) is 0 Å². The Labute approximate surface area is 157 Å². The average Bonchev–Trinajstić information content (AvgIpc) is 2.88. The summed E-state index contributed by atoms with van der Waals surface area (Å²) in [5, 5.41) is 13.3. The molecular formula is C20H20Cl2N2O. The Kier molecular flexibility index (Phi) is 5.38. The minimum Gasteiger partial charge on any atom is -0.400 e. The number of aliphatic hydroxyl groups excluding tert-OH is 1. The van der Waals surface area contributed by atoms with Crippen LogP contribution in [0.15, 0.2) is 64.9 Å². The van der Waals surface area contributed by atoms with Crippen LogP contribution in [0.1, 0.15) is 5.56 Å². The van der Waals surface area contributed by atoms with E-state index in [2.05, 4.69) is 59.5 Å². The molecule has 130 valence electrons. The summed E-state index contributed by atoms with van der Waals surface area (Å²) in [6, 6.07) is 19.5. The van der Waals surface area contributed by atoms with Crippen molar-refractivity contribution >= 4 is 44.7 Å². The number of nitrogens with zero attached hydrogens (tertiary/aromatic N) is 2. The Balaban J connectivity index is 0.000000880. The molecule has 0 atom stereocenters. The molecular weight excluding hydrogens is 355 g/mol. The number of halogens is 2. The number of fused-ring (bicyclic) bond motifs is 2. The third-order valence-electron chi connectivity index (χ3n) is 4.31. The predicted octanol–water partition coefficient (Wildman–Crippen LogP) is 4.91. The zero-order valence-corrected chi connectivity index (χ0v) is 15.7.